The van der Waals surface area contributed by atoms with E-state index in [1.54, 1.807) is 32.0 Å². The number of nitrogens with zero attached hydrogens (tertiary/aromatic N) is 2. The normalized spacial score (nSPS) is 14.4. The molecule has 2 aromatic carbocycles. The van der Waals surface area contributed by atoms with Crippen LogP contribution in [0.5, 0.6) is 5.75 Å². The summed E-state index contributed by atoms with van der Waals surface area (Å²) < 4.78 is 47.6. The minimum Gasteiger partial charge on any atom is -0.496 e. The first kappa shape index (κ1) is 25.5. The Hall–Kier alpha value is -3.17. The molecule has 3 aromatic rings. The topological polar surface area (TPSA) is 97.8 Å². The molecule has 3 N–H and O–H groups in total. The van der Waals surface area contributed by atoms with E-state index in [2.05, 4.69) is 9.98 Å². The average molecular weight is 494 g/mol. The van der Waals surface area contributed by atoms with Crippen LogP contribution in [-0.4, -0.2) is 41.1 Å². The molecule has 0 fully saturated rings. The summed E-state index contributed by atoms with van der Waals surface area (Å²) in [7, 11) is 1.39. The molecule has 180 valence electrons. The van der Waals surface area contributed by atoms with Crippen molar-refractivity contribution in [2.45, 2.75) is 37.5 Å². The summed E-state index contributed by atoms with van der Waals surface area (Å²) in [5.74, 6) is -0.425. The lowest BCUT2D eigenvalue weighted by Gasteiger charge is -2.36. The Balaban J connectivity index is 2.03. The molecule has 0 aliphatic rings. The van der Waals surface area contributed by atoms with Crippen molar-refractivity contribution < 1.29 is 27.8 Å². The summed E-state index contributed by atoms with van der Waals surface area (Å²) in [6.45, 7) is 3.13. The SMILES string of the molecule is COc1cc(Cl)ccc1C(C)(C)CC(O)(/C=N/c1cccc2nc(C(N)=O)ccc12)C(F)(F)F. The van der Waals surface area contributed by atoms with E-state index in [0.717, 1.165) is 0 Å². The molecular formula is C24H23ClF3N3O3. The maximum absolute atomic E-state index is 14.1. The van der Waals surface area contributed by atoms with Gasteiger partial charge < -0.3 is 15.6 Å². The molecule has 1 atom stereocenters. The van der Waals surface area contributed by atoms with Gasteiger partial charge in [0.05, 0.1) is 18.3 Å². The van der Waals surface area contributed by atoms with Gasteiger partial charge in [0, 0.05) is 16.6 Å². The summed E-state index contributed by atoms with van der Waals surface area (Å²) in [6.07, 6.45) is -5.26. The van der Waals surface area contributed by atoms with Crippen LogP contribution in [0.1, 0.15) is 36.3 Å². The van der Waals surface area contributed by atoms with Gasteiger partial charge in [-0.15, -0.1) is 0 Å². The number of ether oxygens (including phenoxy) is 1. The summed E-state index contributed by atoms with van der Waals surface area (Å²) in [6, 6.07) is 12.1. The molecule has 3 rings (SSSR count). The molecule has 1 heterocycles. The Morgan fingerprint density at radius 1 is 1.21 bits per heavy atom. The van der Waals surface area contributed by atoms with Gasteiger partial charge in [-0.05, 0) is 53.8 Å². The summed E-state index contributed by atoms with van der Waals surface area (Å²) in [4.78, 5) is 19.4. The predicted octanol–water partition coefficient (Wildman–Crippen LogP) is 5.36. The maximum Gasteiger partial charge on any atom is 0.422 e. The van der Waals surface area contributed by atoms with Crippen molar-refractivity contribution in [3.8, 4) is 5.75 Å². The van der Waals surface area contributed by atoms with Crippen molar-refractivity contribution in [1.29, 1.82) is 0 Å². The monoisotopic (exact) mass is 493 g/mol. The molecule has 0 radical (unpaired) electrons. The van der Waals surface area contributed by atoms with Crippen molar-refractivity contribution >= 4 is 40.3 Å². The molecule has 0 saturated heterocycles. The molecule has 0 bridgehead atoms. The van der Waals surface area contributed by atoms with Crippen molar-refractivity contribution in [2.75, 3.05) is 7.11 Å². The van der Waals surface area contributed by atoms with Gasteiger partial charge in [-0.3, -0.25) is 9.79 Å². The number of pyridine rings is 1. The lowest BCUT2D eigenvalue weighted by molar-refractivity contribution is -0.234. The Kier molecular flexibility index (Phi) is 6.91. The van der Waals surface area contributed by atoms with Crippen LogP contribution in [0.25, 0.3) is 10.9 Å². The standard InChI is InChI=1S/C24H23ClF3N3O3/c1-22(2,16-9-7-14(25)11-20(16)34-3)12-23(33,24(26,27)28)13-30-17-5-4-6-18-15(17)8-10-19(31-18)21(29)32/h4-11,13,33H,12H2,1-3H3,(H2,29,32)/b30-13+. The number of hydrogen-bond donors (Lipinski definition) is 2. The predicted molar refractivity (Wildman–Crippen MR) is 125 cm³/mol. The number of amides is 1. The number of aliphatic imine (C=N–C) groups is 1. The number of aromatic nitrogens is 1. The molecular weight excluding hydrogens is 471 g/mol. The van der Waals surface area contributed by atoms with E-state index in [9.17, 15) is 23.1 Å². The highest BCUT2D eigenvalue weighted by Crippen LogP contribution is 2.43. The second kappa shape index (κ2) is 9.23. The largest absolute Gasteiger partial charge is 0.496 e. The summed E-state index contributed by atoms with van der Waals surface area (Å²) in [5.41, 5.74) is 1.73. The van der Waals surface area contributed by atoms with E-state index in [0.29, 0.717) is 33.5 Å². The van der Waals surface area contributed by atoms with Crippen LogP contribution in [0.2, 0.25) is 5.02 Å². The lowest BCUT2D eigenvalue weighted by Crippen LogP contribution is -2.50. The van der Waals surface area contributed by atoms with Crippen molar-refractivity contribution in [3.05, 3.63) is 64.8 Å². The van der Waals surface area contributed by atoms with Crippen molar-refractivity contribution in [2.24, 2.45) is 10.7 Å². The van der Waals surface area contributed by atoms with Gasteiger partial charge in [0.25, 0.3) is 5.91 Å². The van der Waals surface area contributed by atoms with E-state index in [4.69, 9.17) is 22.1 Å². The molecule has 1 amide bonds. The van der Waals surface area contributed by atoms with Gasteiger partial charge in [-0.2, -0.15) is 13.2 Å². The van der Waals surface area contributed by atoms with E-state index >= 15 is 0 Å². The van der Waals surface area contributed by atoms with Crippen LogP contribution in [0, 0.1) is 0 Å². The van der Waals surface area contributed by atoms with Gasteiger partial charge >= 0.3 is 6.18 Å². The second-order valence-electron chi connectivity index (χ2n) is 8.49. The third-order valence-corrected chi connectivity index (χ3v) is 5.71. The number of primary amides is 1. The summed E-state index contributed by atoms with van der Waals surface area (Å²) in [5, 5.41) is 11.6. The molecule has 1 unspecified atom stereocenters. The third-order valence-electron chi connectivity index (χ3n) is 5.47. The molecule has 1 aromatic heterocycles. The Bertz CT molecular complexity index is 1260. The molecule has 0 spiro atoms. The van der Waals surface area contributed by atoms with Crippen LogP contribution in [0.3, 0.4) is 0 Å². The number of fused-ring (bicyclic) bond motifs is 1. The fourth-order valence-corrected chi connectivity index (χ4v) is 3.94. The lowest BCUT2D eigenvalue weighted by atomic mass is 9.75. The zero-order valence-corrected chi connectivity index (χ0v) is 19.4. The number of carbonyl (C=O) groups excluding carboxylic acids is 1. The second-order valence-corrected chi connectivity index (χ2v) is 8.93. The number of alkyl halides is 3. The molecule has 0 saturated carbocycles. The van der Waals surface area contributed by atoms with Gasteiger partial charge in [0.15, 0.2) is 5.60 Å². The first-order valence-corrected chi connectivity index (χ1v) is 10.5. The van der Waals surface area contributed by atoms with Gasteiger partial charge in [-0.1, -0.05) is 37.6 Å². The van der Waals surface area contributed by atoms with Gasteiger partial charge in [0.2, 0.25) is 0 Å². The van der Waals surface area contributed by atoms with E-state index in [-0.39, 0.29) is 11.4 Å². The smallest absolute Gasteiger partial charge is 0.422 e. The van der Waals surface area contributed by atoms with E-state index in [1.807, 2.05) is 0 Å². The first-order chi connectivity index (χ1) is 15.8. The highest BCUT2D eigenvalue weighted by atomic mass is 35.5. The first-order valence-electron chi connectivity index (χ1n) is 10.2. The number of benzene rings is 2. The number of halogens is 4. The van der Waals surface area contributed by atoms with Crippen molar-refractivity contribution in [3.63, 3.8) is 0 Å². The average Bonchev–Trinajstić information content (AvgIpc) is 2.75. The highest BCUT2D eigenvalue weighted by molar-refractivity contribution is 6.30. The number of carbonyl (C=O) groups is 1. The summed E-state index contributed by atoms with van der Waals surface area (Å²) >= 11 is 5.98. The number of nitrogens with two attached hydrogens (primary N) is 1. The molecule has 0 aliphatic carbocycles. The maximum atomic E-state index is 14.1. The van der Waals surface area contributed by atoms with Crippen LogP contribution in [0.15, 0.2) is 53.5 Å². The van der Waals surface area contributed by atoms with E-state index < -0.39 is 29.5 Å². The Labute approximate surface area is 199 Å². The molecule has 0 aliphatic heterocycles. The minimum atomic E-state index is -5.02. The van der Waals surface area contributed by atoms with Crippen LogP contribution < -0.4 is 10.5 Å². The fourth-order valence-electron chi connectivity index (χ4n) is 3.78. The van der Waals surface area contributed by atoms with Crippen LogP contribution in [0.4, 0.5) is 18.9 Å². The third kappa shape index (κ3) is 5.15. The number of rotatable bonds is 7. The molecule has 34 heavy (non-hydrogen) atoms. The Morgan fingerprint density at radius 2 is 1.91 bits per heavy atom. The zero-order valence-electron chi connectivity index (χ0n) is 18.7. The van der Waals surface area contributed by atoms with E-state index in [1.165, 1.54) is 37.4 Å². The Morgan fingerprint density at radius 3 is 2.53 bits per heavy atom. The highest BCUT2D eigenvalue weighted by Gasteiger charge is 2.55. The number of hydrogen-bond acceptors (Lipinski definition) is 5. The molecule has 6 nitrogen and oxygen atoms in total. The fraction of sp³-hybridized carbons (Fsp3) is 0.292. The molecule has 10 heteroatoms. The quantitative estimate of drug-likeness (QED) is 0.433. The van der Waals surface area contributed by atoms with Crippen LogP contribution in [-0.2, 0) is 5.41 Å². The number of aliphatic hydroxyl groups is 1. The van der Waals surface area contributed by atoms with Gasteiger partial charge in [0.1, 0.15) is 11.4 Å². The van der Waals surface area contributed by atoms with Gasteiger partial charge in [-0.25, -0.2) is 4.98 Å². The minimum absolute atomic E-state index is 0.0130. The zero-order chi connectivity index (χ0) is 25.3. The van der Waals surface area contributed by atoms with Crippen molar-refractivity contribution in [1.82, 2.24) is 4.98 Å². The number of methoxy groups -OCH3 is 1. The van der Waals surface area contributed by atoms with Crippen LogP contribution >= 0.6 is 11.6 Å².